The molecule has 1 aliphatic rings. The van der Waals surface area contributed by atoms with Gasteiger partial charge in [-0.25, -0.2) is 0 Å². The van der Waals surface area contributed by atoms with Gasteiger partial charge in [0, 0.05) is 24.5 Å². The highest BCUT2D eigenvalue weighted by molar-refractivity contribution is 5.59. The Balaban J connectivity index is 2.62. The SMILES string of the molecule is CCCC(C)(C=O)CN(CCO)C1CCCCC1. The highest BCUT2D eigenvalue weighted by atomic mass is 16.3. The Hall–Kier alpha value is -0.410. The van der Waals surface area contributed by atoms with Crippen LogP contribution in [0.5, 0.6) is 0 Å². The predicted molar refractivity (Wildman–Crippen MR) is 74.6 cm³/mol. The number of carbonyl (C=O) groups excluding carboxylic acids is 1. The molecule has 106 valence electrons. The molecule has 3 nitrogen and oxygen atoms in total. The van der Waals surface area contributed by atoms with Crippen LogP contribution in [0.4, 0.5) is 0 Å². The molecule has 0 aromatic heterocycles. The Kier molecular flexibility index (Phi) is 6.87. The van der Waals surface area contributed by atoms with Crippen molar-refractivity contribution in [3.05, 3.63) is 0 Å². The van der Waals surface area contributed by atoms with Crippen molar-refractivity contribution in [2.24, 2.45) is 5.41 Å². The first-order valence-electron chi connectivity index (χ1n) is 7.46. The number of aliphatic hydroxyl groups is 1. The van der Waals surface area contributed by atoms with Crippen LogP contribution >= 0.6 is 0 Å². The smallest absolute Gasteiger partial charge is 0.127 e. The second-order valence-corrected chi connectivity index (χ2v) is 6.01. The van der Waals surface area contributed by atoms with Crippen LogP contribution in [0.25, 0.3) is 0 Å². The van der Waals surface area contributed by atoms with Gasteiger partial charge >= 0.3 is 0 Å². The average molecular weight is 255 g/mol. The molecular weight excluding hydrogens is 226 g/mol. The van der Waals surface area contributed by atoms with Crippen LogP contribution in [0.3, 0.4) is 0 Å². The summed E-state index contributed by atoms with van der Waals surface area (Å²) in [4.78, 5) is 13.7. The van der Waals surface area contributed by atoms with Crippen molar-refractivity contribution in [1.29, 1.82) is 0 Å². The molecule has 1 N–H and O–H groups in total. The molecule has 1 fully saturated rings. The highest BCUT2D eigenvalue weighted by Crippen LogP contribution is 2.27. The standard InChI is InChI=1S/C15H29NO2/c1-3-9-15(2,13-18)12-16(10-11-17)14-7-5-4-6-8-14/h13-14,17H,3-12H2,1-2H3. The van der Waals surface area contributed by atoms with Gasteiger partial charge in [-0.1, -0.05) is 39.5 Å². The molecular formula is C15H29NO2. The number of aliphatic hydroxyl groups excluding tert-OH is 1. The average Bonchev–Trinajstić information content (AvgIpc) is 2.40. The Morgan fingerprint density at radius 1 is 1.33 bits per heavy atom. The van der Waals surface area contributed by atoms with E-state index < -0.39 is 0 Å². The molecule has 1 rings (SSSR count). The Morgan fingerprint density at radius 3 is 2.50 bits per heavy atom. The van der Waals surface area contributed by atoms with Gasteiger partial charge < -0.3 is 9.90 Å². The molecule has 1 unspecified atom stereocenters. The van der Waals surface area contributed by atoms with Crippen molar-refractivity contribution in [3.8, 4) is 0 Å². The molecule has 1 saturated carbocycles. The van der Waals surface area contributed by atoms with E-state index in [0.29, 0.717) is 12.6 Å². The summed E-state index contributed by atoms with van der Waals surface area (Å²) in [6, 6.07) is 0.571. The Morgan fingerprint density at radius 2 is 2.00 bits per heavy atom. The van der Waals surface area contributed by atoms with E-state index in [4.69, 9.17) is 0 Å². The fraction of sp³-hybridized carbons (Fsp3) is 0.933. The maximum Gasteiger partial charge on any atom is 0.127 e. The lowest BCUT2D eigenvalue weighted by Gasteiger charge is -2.38. The van der Waals surface area contributed by atoms with Gasteiger partial charge in [-0.2, -0.15) is 0 Å². The van der Waals surface area contributed by atoms with Crippen LogP contribution in [0.15, 0.2) is 0 Å². The zero-order valence-electron chi connectivity index (χ0n) is 12.0. The molecule has 0 aromatic rings. The molecule has 0 amide bonds. The number of hydrogen-bond donors (Lipinski definition) is 1. The summed E-state index contributed by atoms with van der Waals surface area (Å²) in [5, 5.41) is 9.24. The monoisotopic (exact) mass is 255 g/mol. The van der Waals surface area contributed by atoms with Gasteiger partial charge in [-0.3, -0.25) is 4.90 Å². The molecule has 0 aromatic carbocycles. The molecule has 0 radical (unpaired) electrons. The van der Waals surface area contributed by atoms with Crippen molar-refractivity contribution < 1.29 is 9.90 Å². The number of hydrogen-bond acceptors (Lipinski definition) is 3. The summed E-state index contributed by atoms with van der Waals surface area (Å²) < 4.78 is 0. The van der Waals surface area contributed by atoms with Crippen LogP contribution in [0.1, 0.15) is 58.8 Å². The quantitative estimate of drug-likeness (QED) is 0.678. The summed E-state index contributed by atoms with van der Waals surface area (Å²) in [5.41, 5.74) is -0.249. The largest absolute Gasteiger partial charge is 0.395 e. The summed E-state index contributed by atoms with van der Waals surface area (Å²) in [7, 11) is 0. The predicted octanol–water partition coefficient (Wildman–Crippen LogP) is 2.62. The van der Waals surface area contributed by atoms with Crippen molar-refractivity contribution in [3.63, 3.8) is 0 Å². The maximum absolute atomic E-state index is 11.4. The van der Waals surface area contributed by atoms with Gasteiger partial charge in [0.25, 0.3) is 0 Å². The van der Waals surface area contributed by atoms with Gasteiger partial charge in [-0.05, 0) is 19.3 Å². The zero-order chi connectivity index (χ0) is 13.4. The van der Waals surface area contributed by atoms with E-state index in [9.17, 15) is 9.90 Å². The van der Waals surface area contributed by atoms with Crippen LogP contribution in [-0.4, -0.2) is 42.0 Å². The first-order chi connectivity index (χ1) is 8.65. The molecule has 0 saturated heterocycles. The van der Waals surface area contributed by atoms with E-state index in [-0.39, 0.29) is 12.0 Å². The lowest BCUT2D eigenvalue weighted by molar-refractivity contribution is -0.117. The summed E-state index contributed by atoms with van der Waals surface area (Å²) in [6.07, 6.45) is 9.45. The molecule has 0 heterocycles. The first-order valence-corrected chi connectivity index (χ1v) is 7.46. The van der Waals surface area contributed by atoms with Crippen molar-refractivity contribution in [2.45, 2.75) is 64.8 Å². The number of aldehydes is 1. The lowest BCUT2D eigenvalue weighted by Crippen LogP contribution is -2.45. The van der Waals surface area contributed by atoms with Gasteiger partial charge in [-0.15, -0.1) is 0 Å². The Bertz CT molecular complexity index is 239. The molecule has 1 atom stereocenters. The third-order valence-electron chi connectivity index (χ3n) is 4.15. The van der Waals surface area contributed by atoms with E-state index in [1.165, 1.54) is 32.1 Å². The second kappa shape index (κ2) is 7.90. The van der Waals surface area contributed by atoms with E-state index in [2.05, 4.69) is 18.7 Å². The van der Waals surface area contributed by atoms with Gasteiger partial charge in [0.05, 0.1) is 6.61 Å². The van der Waals surface area contributed by atoms with Crippen LogP contribution in [-0.2, 0) is 4.79 Å². The number of rotatable bonds is 8. The van der Waals surface area contributed by atoms with E-state index in [1.807, 2.05) is 0 Å². The van der Waals surface area contributed by atoms with Crippen LogP contribution < -0.4 is 0 Å². The highest BCUT2D eigenvalue weighted by Gasteiger charge is 2.29. The summed E-state index contributed by atoms with van der Waals surface area (Å²) in [5.74, 6) is 0. The van der Waals surface area contributed by atoms with E-state index in [0.717, 1.165) is 25.7 Å². The molecule has 0 bridgehead atoms. The molecule has 1 aliphatic carbocycles. The summed E-state index contributed by atoms with van der Waals surface area (Å²) >= 11 is 0. The number of carbonyl (C=O) groups is 1. The Labute approximate surface area is 112 Å². The fourth-order valence-electron chi connectivity index (χ4n) is 3.18. The van der Waals surface area contributed by atoms with Crippen LogP contribution in [0, 0.1) is 5.41 Å². The van der Waals surface area contributed by atoms with Gasteiger partial charge in [0.2, 0.25) is 0 Å². The second-order valence-electron chi connectivity index (χ2n) is 6.01. The minimum Gasteiger partial charge on any atom is -0.395 e. The van der Waals surface area contributed by atoms with Crippen molar-refractivity contribution >= 4 is 6.29 Å². The molecule has 0 aliphatic heterocycles. The summed E-state index contributed by atoms with van der Waals surface area (Å²) in [6.45, 7) is 5.88. The van der Waals surface area contributed by atoms with E-state index >= 15 is 0 Å². The maximum atomic E-state index is 11.4. The lowest BCUT2D eigenvalue weighted by atomic mass is 9.85. The molecule has 18 heavy (non-hydrogen) atoms. The van der Waals surface area contributed by atoms with E-state index in [1.54, 1.807) is 0 Å². The zero-order valence-corrected chi connectivity index (χ0v) is 12.0. The number of nitrogens with zero attached hydrogens (tertiary/aromatic N) is 1. The minimum absolute atomic E-state index is 0.192. The first kappa shape index (κ1) is 15.6. The third kappa shape index (κ3) is 4.69. The van der Waals surface area contributed by atoms with Crippen molar-refractivity contribution in [2.75, 3.05) is 19.7 Å². The van der Waals surface area contributed by atoms with Crippen molar-refractivity contribution in [1.82, 2.24) is 4.90 Å². The van der Waals surface area contributed by atoms with Gasteiger partial charge in [0.1, 0.15) is 6.29 Å². The third-order valence-corrected chi connectivity index (χ3v) is 4.15. The molecule has 3 heteroatoms. The van der Waals surface area contributed by atoms with Gasteiger partial charge in [0.15, 0.2) is 0 Å². The topological polar surface area (TPSA) is 40.5 Å². The van der Waals surface area contributed by atoms with Crippen LogP contribution in [0.2, 0.25) is 0 Å². The fourth-order valence-corrected chi connectivity index (χ4v) is 3.18. The molecule has 0 spiro atoms. The normalized spacial score (nSPS) is 20.9. The minimum atomic E-state index is -0.249.